The number of fused-ring (bicyclic) bond motifs is 3. The maximum absolute atomic E-state index is 4.15. The van der Waals surface area contributed by atoms with E-state index in [1.54, 1.807) is 6.33 Å². The molecular formula is C10H8ClN3. The molecule has 2 heterocycles. The molecule has 0 bridgehead atoms. The number of benzene rings is 1. The van der Waals surface area contributed by atoms with Crippen molar-refractivity contribution < 1.29 is 0 Å². The molecular weight excluding hydrogens is 198 g/mol. The van der Waals surface area contributed by atoms with Crippen LogP contribution in [0.4, 0.5) is 0 Å². The summed E-state index contributed by atoms with van der Waals surface area (Å²) in [5.41, 5.74) is 2.01. The highest BCUT2D eigenvalue weighted by Gasteiger charge is 2.02. The number of para-hydroxylation sites is 1. The summed E-state index contributed by atoms with van der Waals surface area (Å²) in [6, 6.07) is 8.13. The van der Waals surface area contributed by atoms with Gasteiger partial charge >= 0.3 is 0 Å². The average molecular weight is 206 g/mol. The van der Waals surface area contributed by atoms with Crippen LogP contribution in [0.5, 0.6) is 0 Å². The second-order valence-corrected chi connectivity index (χ2v) is 2.96. The first-order valence-electron chi connectivity index (χ1n) is 4.11. The van der Waals surface area contributed by atoms with Gasteiger partial charge in [-0.15, -0.1) is 12.4 Å². The Kier molecular flexibility index (Phi) is 2.09. The van der Waals surface area contributed by atoms with E-state index < -0.39 is 0 Å². The van der Waals surface area contributed by atoms with E-state index in [0.29, 0.717) is 0 Å². The molecule has 1 N–H and O–H groups in total. The number of rotatable bonds is 0. The van der Waals surface area contributed by atoms with Gasteiger partial charge in [0.25, 0.3) is 0 Å². The van der Waals surface area contributed by atoms with Crippen LogP contribution in [0.3, 0.4) is 0 Å². The average Bonchev–Trinajstić information content (AvgIpc) is 2.56. The largest absolute Gasteiger partial charge is 0.339 e. The van der Waals surface area contributed by atoms with Crippen molar-refractivity contribution >= 4 is 34.3 Å². The van der Waals surface area contributed by atoms with Gasteiger partial charge in [0.05, 0.1) is 0 Å². The minimum atomic E-state index is 0. The van der Waals surface area contributed by atoms with E-state index in [9.17, 15) is 0 Å². The van der Waals surface area contributed by atoms with Crippen molar-refractivity contribution in [3.05, 3.63) is 36.8 Å². The number of aromatic amines is 1. The molecule has 0 atom stereocenters. The van der Waals surface area contributed by atoms with E-state index in [1.165, 1.54) is 5.39 Å². The van der Waals surface area contributed by atoms with Crippen LogP contribution in [0.1, 0.15) is 0 Å². The number of nitrogens with zero attached hydrogens (tertiary/aromatic N) is 2. The molecule has 0 fully saturated rings. The molecule has 3 aromatic rings. The van der Waals surface area contributed by atoms with Crippen molar-refractivity contribution in [3.63, 3.8) is 0 Å². The lowest BCUT2D eigenvalue weighted by Crippen LogP contribution is -1.75. The van der Waals surface area contributed by atoms with E-state index in [2.05, 4.69) is 21.0 Å². The number of halogens is 1. The van der Waals surface area contributed by atoms with Crippen molar-refractivity contribution in [1.29, 1.82) is 0 Å². The molecule has 3 rings (SSSR count). The Hall–Kier alpha value is -1.61. The van der Waals surface area contributed by atoms with Crippen LogP contribution in [0.2, 0.25) is 0 Å². The van der Waals surface area contributed by atoms with Crippen LogP contribution < -0.4 is 0 Å². The number of hydrogen-bond donors (Lipinski definition) is 1. The summed E-state index contributed by atoms with van der Waals surface area (Å²) in [6.45, 7) is 0. The van der Waals surface area contributed by atoms with Crippen LogP contribution in [-0.2, 0) is 0 Å². The molecule has 4 heteroatoms. The summed E-state index contributed by atoms with van der Waals surface area (Å²) in [7, 11) is 0. The summed E-state index contributed by atoms with van der Waals surface area (Å²) < 4.78 is 0. The Bertz CT molecular complexity index is 523. The zero-order valence-electron chi connectivity index (χ0n) is 7.27. The molecule has 0 amide bonds. The summed E-state index contributed by atoms with van der Waals surface area (Å²) in [5.74, 6) is 0. The van der Waals surface area contributed by atoms with Gasteiger partial charge in [-0.25, -0.2) is 9.97 Å². The lowest BCUT2D eigenvalue weighted by Gasteiger charge is -1.86. The van der Waals surface area contributed by atoms with Gasteiger partial charge in [-0.2, -0.15) is 0 Å². The van der Waals surface area contributed by atoms with Crippen molar-refractivity contribution in [2.24, 2.45) is 0 Å². The van der Waals surface area contributed by atoms with Gasteiger partial charge in [0, 0.05) is 22.5 Å². The van der Waals surface area contributed by atoms with Gasteiger partial charge in [-0.3, -0.25) is 0 Å². The van der Waals surface area contributed by atoms with Gasteiger partial charge < -0.3 is 4.98 Å². The molecule has 0 aliphatic heterocycles. The third kappa shape index (κ3) is 1.14. The molecule has 0 radical (unpaired) electrons. The smallest absolute Gasteiger partial charge is 0.141 e. The van der Waals surface area contributed by atoms with E-state index in [1.807, 2.05) is 24.4 Å². The zero-order chi connectivity index (χ0) is 8.67. The number of aromatic nitrogens is 3. The molecule has 0 saturated carbocycles. The monoisotopic (exact) mass is 205 g/mol. The predicted octanol–water partition coefficient (Wildman–Crippen LogP) is 2.53. The second kappa shape index (κ2) is 3.27. The first kappa shape index (κ1) is 8.97. The summed E-state index contributed by atoms with van der Waals surface area (Å²) >= 11 is 0. The Labute approximate surface area is 86.6 Å². The van der Waals surface area contributed by atoms with Gasteiger partial charge in [-0.1, -0.05) is 18.2 Å². The standard InChI is InChI=1S/C10H7N3.ClH/c1-2-4-9-7(3-1)8-5-11-6-12-10(8)13-9;/h1-6H,(H,11,12,13);1H. The number of nitrogens with one attached hydrogen (secondary N) is 1. The first-order chi connectivity index (χ1) is 6.45. The minimum absolute atomic E-state index is 0. The SMILES string of the molecule is Cl.c1ccc2c(c1)[nH]c1ncncc12. The maximum atomic E-state index is 4.15. The fraction of sp³-hybridized carbons (Fsp3) is 0. The van der Waals surface area contributed by atoms with Crippen LogP contribution in [-0.4, -0.2) is 15.0 Å². The van der Waals surface area contributed by atoms with Crippen molar-refractivity contribution in [1.82, 2.24) is 15.0 Å². The van der Waals surface area contributed by atoms with E-state index in [-0.39, 0.29) is 12.4 Å². The third-order valence-electron chi connectivity index (χ3n) is 2.18. The number of hydrogen-bond acceptors (Lipinski definition) is 2. The highest BCUT2D eigenvalue weighted by atomic mass is 35.5. The van der Waals surface area contributed by atoms with Gasteiger partial charge in [0.15, 0.2) is 0 Å². The molecule has 0 spiro atoms. The Morgan fingerprint density at radius 3 is 2.86 bits per heavy atom. The van der Waals surface area contributed by atoms with Crippen molar-refractivity contribution in [3.8, 4) is 0 Å². The Morgan fingerprint density at radius 1 is 1.07 bits per heavy atom. The molecule has 3 nitrogen and oxygen atoms in total. The van der Waals surface area contributed by atoms with Crippen LogP contribution in [0.15, 0.2) is 36.8 Å². The van der Waals surface area contributed by atoms with Crippen LogP contribution in [0, 0.1) is 0 Å². The first-order valence-corrected chi connectivity index (χ1v) is 4.11. The van der Waals surface area contributed by atoms with Gasteiger partial charge in [0.1, 0.15) is 12.0 Å². The normalized spacial score (nSPS) is 10.3. The van der Waals surface area contributed by atoms with Gasteiger partial charge in [0.2, 0.25) is 0 Å². The lowest BCUT2D eigenvalue weighted by atomic mass is 10.2. The van der Waals surface area contributed by atoms with Crippen LogP contribution in [0.25, 0.3) is 21.9 Å². The van der Waals surface area contributed by atoms with Gasteiger partial charge in [-0.05, 0) is 6.07 Å². The quantitative estimate of drug-likeness (QED) is 0.613. The number of H-pyrrole nitrogens is 1. The minimum Gasteiger partial charge on any atom is -0.339 e. The summed E-state index contributed by atoms with van der Waals surface area (Å²) in [5, 5.41) is 2.26. The Morgan fingerprint density at radius 2 is 1.93 bits per heavy atom. The molecule has 14 heavy (non-hydrogen) atoms. The highest BCUT2D eigenvalue weighted by molar-refractivity contribution is 6.05. The van der Waals surface area contributed by atoms with E-state index in [0.717, 1.165) is 16.6 Å². The van der Waals surface area contributed by atoms with Crippen molar-refractivity contribution in [2.75, 3.05) is 0 Å². The topological polar surface area (TPSA) is 41.6 Å². The van der Waals surface area contributed by atoms with Crippen molar-refractivity contribution in [2.45, 2.75) is 0 Å². The molecule has 0 saturated heterocycles. The molecule has 0 aliphatic carbocycles. The zero-order valence-corrected chi connectivity index (χ0v) is 8.08. The molecule has 70 valence electrons. The Balaban J connectivity index is 0.000000750. The predicted molar refractivity (Wildman–Crippen MR) is 58.6 cm³/mol. The molecule has 2 aromatic heterocycles. The van der Waals surface area contributed by atoms with E-state index in [4.69, 9.17) is 0 Å². The maximum Gasteiger partial charge on any atom is 0.141 e. The fourth-order valence-corrected chi connectivity index (χ4v) is 1.58. The van der Waals surface area contributed by atoms with Crippen LogP contribution >= 0.6 is 12.4 Å². The van der Waals surface area contributed by atoms with E-state index >= 15 is 0 Å². The summed E-state index contributed by atoms with van der Waals surface area (Å²) in [4.78, 5) is 11.4. The molecule has 0 unspecified atom stereocenters. The lowest BCUT2D eigenvalue weighted by molar-refractivity contribution is 1.21. The second-order valence-electron chi connectivity index (χ2n) is 2.96. The summed E-state index contributed by atoms with van der Waals surface area (Å²) in [6.07, 6.45) is 3.39. The molecule has 0 aliphatic rings. The third-order valence-corrected chi connectivity index (χ3v) is 2.18. The fourth-order valence-electron chi connectivity index (χ4n) is 1.58. The molecule has 1 aromatic carbocycles. The highest BCUT2D eigenvalue weighted by Crippen LogP contribution is 2.21.